The van der Waals surface area contributed by atoms with Crippen molar-refractivity contribution in [1.82, 2.24) is 10.3 Å². The van der Waals surface area contributed by atoms with E-state index in [9.17, 15) is 0 Å². The number of hydrogen-bond donors (Lipinski definition) is 1. The number of aryl methyl sites for hydroxylation is 1. The van der Waals surface area contributed by atoms with Crippen molar-refractivity contribution in [2.45, 2.75) is 18.9 Å². The van der Waals surface area contributed by atoms with Crippen molar-refractivity contribution >= 4 is 0 Å². The van der Waals surface area contributed by atoms with Gasteiger partial charge < -0.3 is 10.1 Å². The van der Waals surface area contributed by atoms with Crippen LogP contribution in [0.25, 0.3) is 11.1 Å². The largest absolute Gasteiger partial charge is 0.488 e. The lowest BCUT2D eigenvalue weighted by Gasteiger charge is -2.27. The number of nitrogens with zero attached hydrogens (tertiary/aromatic N) is 1. The van der Waals surface area contributed by atoms with E-state index in [0.29, 0.717) is 0 Å². The number of aromatic nitrogens is 1. The number of nitrogens with one attached hydrogen (secondary N) is 1. The zero-order chi connectivity index (χ0) is 13.1. The fraction of sp³-hybridized carbons (Fsp3) is 0.312. The Morgan fingerprint density at radius 3 is 3.05 bits per heavy atom. The molecule has 19 heavy (non-hydrogen) atoms. The quantitative estimate of drug-likeness (QED) is 0.914. The number of fused-ring (bicyclic) bond motifs is 1. The third kappa shape index (κ3) is 2.47. The Morgan fingerprint density at radius 1 is 1.32 bits per heavy atom. The Kier molecular flexibility index (Phi) is 3.47. The van der Waals surface area contributed by atoms with Crippen molar-refractivity contribution in [2.24, 2.45) is 0 Å². The maximum Gasteiger partial charge on any atom is 0.130 e. The highest BCUT2D eigenvalue weighted by Gasteiger charge is 2.22. The molecule has 3 heteroatoms. The molecule has 3 nitrogen and oxygen atoms in total. The lowest BCUT2D eigenvalue weighted by Crippen LogP contribution is -2.32. The van der Waals surface area contributed by atoms with Gasteiger partial charge in [-0.05, 0) is 31.5 Å². The monoisotopic (exact) mass is 254 g/mol. The summed E-state index contributed by atoms with van der Waals surface area (Å²) < 4.78 is 6.17. The van der Waals surface area contributed by atoms with Crippen LogP contribution >= 0.6 is 0 Å². The van der Waals surface area contributed by atoms with Crippen molar-refractivity contribution in [3.63, 3.8) is 0 Å². The molecule has 1 N–H and O–H groups in total. The Hall–Kier alpha value is -1.87. The summed E-state index contributed by atoms with van der Waals surface area (Å²) in [7, 11) is 1.96. The third-order valence-electron chi connectivity index (χ3n) is 3.52. The zero-order valence-corrected chi connectivity index (χ0v) is 11.1. The van der Waals surface area contributed by atoms with Crippen LogP contribution in [0.5, 0.6) is 5.75 Å². The van der Waals surface area contributed by atoms with Crippen molar-refractivity contribution in [3.8, 4) is 16.9 Å². The minimum Gasteiger partial charge on any atom is -0.488 e. The first-order valence-electron chi connectivity index (χ1n) is 6.72. The predicted molar refractivity (Wildman–Crippen MR) is 76.3 cm³/mol. The summed E-state index contributed by atoms with van der Waals surface area (Å²) in [5.74, 6) is 1.03. The van der Waals surface area contributed by atoms with Gasteiger partial charge in [-0.3, -0.25) is 4.98 Å². The summed E-state index contributed by atoms with van der Waals surface area (Å²) in [6.07, 6.45) is 6.10. The Morgan fingerprint density at radius 2 is 2.26 bits per heavy atom. The summed E-state index contributed by atoms with van der Waals surface area (Å²) in [6.45, 7) is 0.890. The molecule has 1 aromatic carbocycles. The topological polar surface area (TPSA) is 34.2 Å². The van der Waals surface area contributed by atoms with Crippen LogP contribution in [0.4, 0.5) is 0 Å². The molecule has 2 aromatic rings. The van der Waals surface area contributed by atoms with Crippen LogP contribution in [0.15, 0.2) is 42.7 Å². The van der Waals surface area contributed by atoms with Crippen LogP contribution < -0.4 is 10.1 Å². The summed E-state index contributed by atoms with van der Waals surface area (Å²) in [6, 6.07) is 10.4. The van der Waals surface area contributed by atoms with Crippen LogP contribution in [0.2, 0.25) is 0 Å². The Bertz CT molecular complexity index is 554. The van der Waals surface area contributed by atoms with E-state index >= 15 is 0 Å². The minimum absolute atomic E-state index is 0.260. The summed E-state index contributed by atoms with van der Waals surface area (Å²) in [5, 5.41) is 3.19. The SMILES string of the molecule is CNC[C@@H]1CCc2cccc(-c3cccnc3)c2O1. The van der Waals surface area contributed by atoms with Crippen molar-refractivity contribution in [2.75, 3.05) is 13.6 Å². The van der Waals surface area contributed by atoms with Crippen molar-refractivity contribution in [3.05, 3.63) is 48.3 Å². The van der Waals surface area contributed by atoms with Gasteiger partial charge >= 0.3 is 0 Å². The molecule has 3 rings (SSSR count). The first-order chi connectivity index (χ1) is 9.38. The van der Waals surface area contributed by atoms with Crippen LogP contribution in [0.3, 0.4) is 0 Å². The number of para-hydroxylation sites is 1. The fourth-order valence-corrected chi connectivity index (χ4v) is 2.58. The highest BCUT2D eigenvalue weighted by molar-refractivity contribution is 5.71. The number of likely N-dealkylation sites (N-methyl/N-ethyl adjacent to an activating group) is 1. The molecular formula is C16H18N2O. The molecule has 0 unspecified atom stereocenters. The molecule has 1 aromatic heterocycles. The van der Waals surface area contributed by atoms with Crippen LogP contribution in [0.1, 0.15) is 12.0 Å². The fourth-order valence-electron chi connectivity index (χ4n) is 2.58. The van der Waals surface area contributed by atoms with Crippen LogP contribution in [-0.2, 0) is 6.42 Å². The third-order valence-corrected chi connectivity index (χ3v) is 3.52. The van der Waals surface area contributed by atoms with Gasteiger partial charge in [0, 0.05) is 30.1 Å². The van der Waals surface area contributed by atoms with Gasteiger partial charge in [0.25, 0.3) is 0 Å². The zero-order valence-electron chi connectivity index (χ0n) is 11.1. The summed E-state index contributed by atoms with van der Waals surface area (Å²) >= 11 is 0. The molecule has 0 bridgehead atoms. The van der Waals surface area contributed by atoms with Crippen molar-refractivity contribution in [1.29, 1.82) is 0 Å². The molecule has 0 spiro atoms. The van der Waals surface area contributed by atoms with Gasteiger partial charge in [-0.15, -0.1) is 0 Å². The number of ether oxygens (including phenoxy) is 1. The van der Waals surface area contributed by atoms with Gasteiger partial charge in [0.2, 0.25) is 0 Å². The molecule has 0 radical (unpaired) electrons. The van der Waals surface area contributed by atoms with Crippen LogP contribution in [0, 0.1) is 0 Å². The molecule has 2 heterocycles. The van der Waals surface area contributed by atoms with E-state index in [4.69, 9.17) is 4.74 Å². The van der Waals surface area contributed by atoms with E-state index in [0.717, 1.165) is 36.3 Å². The van der Waals surface area contributed by atoms with Gasteiger partial charge in [0.05, 0.1) is 0 Å². The molecule has 1 atom stereocenters. The van der Waals surface area contributed by atoms with E-state index in [1.54, 1.807) is 6.20 Å². The molecule has 1 aliphatic heterocycles. The summed E-state index contributed by atoms with van der Waals surface area (Å²) in [4.78, 5) is 4.20. The molecule has 0 saturated carbocycles. The molecule has 0 aliphatic carbocycles. The molecule has 0 fully saturated rings. The standard InChI is InChI=1S/C16H18N2O/c1-17-11-14-8-7-12-4-2-6-15(16(12)19-14)13-5-3-9-18-10-13/h2-6,9-10,14,17H,7-8,11H2,1H3/t14-/m0/s1. The maximum absolute atomic E-state index is 6.17. The predicted octanol–water partition coefficient (Wildman–Crippen LogP) is 2.66. The lowest BCUT2D eigenvalue weighted by molar-refractivity contribution is 0.174. The number of benzene rings is 1. The first-order valence-corrected chi connectivity index (χ1v) is 6.72. The van der Waals surface area contributed by atoms with Gasteiger partial charge in [-0.25, -0.2) is 0 Å². The average Bonchev–Trinajstić information content (AvgIpc) is 2.48. The minimum atomic E-state index is 0.260. The normalized spacial score (nSPS) is 17.6. The average molecular weight is 254 g/mol. The Balaban J connectivity index is 1.99. The van der Waals surface area contributed by atoms with Crippen LogP contribution in [-0.4, -0.2) is 24.7 Å². The number of rotatable bonds is 3. The summed E-state index contributed by atoms with van der Waals surface area (Å²) in [5.41, 5.74) is 3.56. The van der Waals surface area contributed by atoms with Crippen molar-refractivity contribution < 1.29 is 4.74 Å². The molecule has 0 amide bonds. The van der Waals surface area contributed by atoms with E-state index in [1.807, 2.05) is 19.3 Å². The maximum atomic E-state index is 6.17. The second-order valence-electron chi connectivity index (χ2n) is 4.87. The second kappa shape index (κ2) is 5.41. The molecule has 0 saturated heterocycles. The molecular weight excluding hydrogens is 236 g/mol. The smallest absolute Gasteiger partial charge is 0.130 e. The second-order valence-corrected chi connectivity index (χ2v) is 4.87. The Labute approximate surface area is 113 Å². The van der Waals surface area contributed by atoms with E-state index in [2.05, 4.69) is 34.6 Å². The number of hydrogen-bond acceptors (Lipinski definition) is 3. The van der Waals surface area contributed by atoms with Gasteiger partial charge in [0.1, 0.15) is 11.9 Å². The highest BCUT2D eigenvalue weighted by atomic mass is 16.5. The molecule has 1 aliphatic rings. The van der Waals surface area contributed by atoms with Gasteiger partial charge in [-0.2, -0.15) is 0 Å². The number of pyridine rings is 1. The van der Waals surface area contributed by atoms with Gasteiger partial charge in [0.15, 0.2) is 0 Å². The van der Waals surface area contributed by atoms with E-state index in [1.165, 1.54) is 5.56 Å². The van der Waals surface area contributed by atoms with E-state index < -0.39 is 0 Å². The van der Waals surface area contributed by atoms with Gasteiger partial charge in [-0.1, -0.05) is 24.3 Å². The molecule has 98 valence electrons. The lowest BCUT2D eigenvalue weighted by atomic mass is 9.96. The first kappa shape index (κ1) is 12.2. The highest BCUT2D eigenvalue weighted by Crippen LogP contribution is 2.37. The van der Waals surface area contributed by atoms with E-state index in [-0.39, 0.29) is 6.10 Å².